The van der Waals surface area contributed by atoms with Gasteiger partial charge in [0.05, 0.1) is 5.56 Å². The molecule has 0 saturated carbocycles. The number of aromatic carboxylic acids is 1. The predicted molar refractivity (Wildman–Crippen MR) is 115 cm³/mol. The van der Waals surface area contributed by atoms with Crippen molar-refractivity contribution in [2.45, 2.75) is 6.10 Å². The van der Waals surface area contributed by atoms with Crippen molar-refractivity contribution in [3.8, 4) is 11.8 Å². The van der Waals surface area contributed by atoms with Crippen LogP contribution in [0.2, 0.25) is 0 Å². The van der Waals surface area contributed by atoms with E-state index in [4.69, 9.17) is 16.2 Å². The Morgan fingerprint density at radius 1 is 1.44 bits per heavy atom. The summed E-state index contributed by atoms with van der Waals surface area (Å²) >= 11 is 0. The fourth-order valence-corrected chi connectivity index (χ4v) is 2.98. The molecule has 0 saturated heterocycles. The molecule has 1 aromatic carbocycles. The first-order valence-electron chi connectivity index (χ1n) is 9.29. The van der Waals surface area contributed by atoms with Crippen molar-refractivity contribution >= 4 is 23.1 Å². The van der Waals surface area contributed by atoms with E-state index < -0.39 is 24.6 Å². The number of likely N-dealkylation sites (N-methyl/N-ethyl adjacent to an activating group) is 1. The number of carbonyl (C=O) groups is 1. The van der Waals surface area contributed by atoms with E-state index in [1.165, 1.54) is 19.3 Å². The summed E-state index contributed by atoms with van der Waals surface area (Å²) in [5.41, 5.74) is 12.4. The number of nitrogens with two attached hydrogens (primary N) is 2. The van der Waals surface area contributed by atoms with Gasteiger partial charge >= 0.3 is 5.97 Å². The number of hydrogen-bond acceptors (Lipinski definition) is 8. The SMILES string of the molecule is CN=C(C#N)C(=C(N)CNC)c1cnc(N)c(OC(CF)c2cc(F)ccc2C(=O)O)c1. The number of nitrogen functional groups attached to an aromatic ring is 1. The highest BCUT2D eigenvalue weighted by atomic mass is 19.1. The Bertz CT molecular complexity index is 1110. The average molecular weight is 444 g/mol. The Morgan fingerprint density at radius 2 is 2.16 bits per heavy atom. The third-order valence-corrected chi connectivity index (χ3v) is 4.43. The number of allylic oxidation sites excluding steroid dienone is 1. The van der Waals surface area contributed by atoms with Crippen LogP contribution in [0.15, 0.2) is 41.2 Å². The maximum atomic E-state index is 13.9. The molecule has 2 aromatic rings. The second kappa shape index (κ2) is 10.8. The summed E-state index contributed by atoms with van der Waals surface area (Å²) in [5.74, 6) is -2.35. The van der Waals surface area contributed by atoms with E-state index >= 15 is 0 Å². The second-order valence-electron chi connectivity index (χ2n) is 6.52. The molecule has 1 unspecified atom stereocenters. The van der Waals surface area contributed by atoms with Crippen LogP contribution >= 0.6 is 0 Å². The highest BCUT2D eigenvalue weighted by Gasteiger charge is 2.24. The minimum Gasteiger partial charge on any atom is -0.479 e. The number of hydrogen-bond donors (Lipinski definition) is 4. The number of carboxylic acids is 1. The van der Waals surface area contributed by atoms with Crippen molar-refractivity contribution in [1.82, 2.24) is 10.3 Å². The van der Waals surface area contributed by atoms with Crippen molar-refractivity contribution in [3.05, 3.63) is 58.7 Å². The van der Waals surface area contributed by atoms with E-state index in [0.717, 1.165) is 18.2 Å². The van der Waals surface area contributed by atoms with Crippen LogP contribution in [0, 0.1) is 17.1 Å². The lowest BCUT2D eigenvalue weighted by Crippen LogP contribution is -2.20. The predicted octanol–water partition coefficient (Wildman–Crippen LogP) is 2.07. The number of aromatic nitrogens is 1. The summed E-state index contributed by atoms with van der Waals surface area (Å²) < 4.78 is 33.2. The first kappa shape index (κ1) is 24.2. The number of halogens is 2. The molecule has 0 radical (unpaired) electrons. The number of nitrogens with one attached hydrogen (secondary N) is 1. The molecular weight excluding hydrogens is 422 g/mol. The normalized spacial score (nSPS) is 13.2. The van der Waals surface area contributed by atoms with Crippen LogP contribution < -0.4 is 21.5 Å². The van der Waals surface area contributed by atoms with Crippen LogP contribution in [-0.2, 0) is 0 Å². The van der Waals surface area contributed by atoms with Gasteiger partial charge in [-0.05, 0) is 31.3 Å². The molecule has 1 atom stereocenters. The lowest BCUT2D eigenvalue weighted by molar-refractivity contribution is 0.0689. The van der Waals surface area contributed by atoms with Crippen molar-refractivity contribution < 1.29 is 23.4 Å². The molecule has 6 N–H and O–H groups in total. The van der Waals surface area contributed by atoms with Crippen LogP contribution in [0.4, 0.5) is 14.6 Å². The lowest BCUT2D eigenvalue weighted by Gasteiger charge is -2.20. The summed E-state index contributed by atoms with van der Waals surface area (Å²) in [4.78, 5) is 19.4. The van der Waals surface area contributed by atoms with Gasteiger partial charge in [0.15, 0.2) is 17.7 Å². The molecule has 11 heteroatoms. The molecule has 1 aromatic heterocycles. The molecular formula is C21H22F2N6O3. The van der Waals surface area contributed by atoms with Gasteiger partial charge in [0, 0.05) is 42.2 Å². The summed E-state index contributed by atoms with van der Waals surface area (Å²) in [6, 6.07) is 6.18. The Kier molecular flexibility index (Phi) is 8.20. The molecule has 9 nitrogen and oxygen atoms in total. The Morgan fingerprint density at radius 3 is 2.72 bits per heavy atom. The van der Waals surface area contributed by atoms with Gasteiger partial charge < -0.3 is 26.6 Å². The quantitative estimate of drug-likeness (QED) is 0.428. The lowest BCUT2D eigenvalue weighted by atomic mass is 10.00. The fraction of sp³-hybridized carbons (Fsp3) is 0.238. The van der Waals surface area contributed by atoms with Crippen LogP contribution in [0.25, 0.3) is 5.57 Å². The van der Waals surface area contributed by atoms with Gasteiger partial charge in [0.1, 0.15) is 24.3 Å². The maximum absolute atomic E-state index is 13.9. The summed E-state index contributed by atoms with van der Waals surface area (Å²) in [6.45, 7) is -0.938. The van der Waals surface area contributed by atoms with Crippen molar-refractivity contribution in [2.24, 2.45) is 10.7 Å². The van der Waals surface area contributed by atoms with E-state index in [2.05, 4.69) is 15.3 Å². The van der Waals surface area contributed by atoms with E-state index in [1.807, 2.05) is 6.07 Å². The van der Waals surface area contributed by atoms with Crippen LogP contribution in [0.1, 0.15) is 27.6 Å². The van der Waals surface area contributed by atoms with Crippen molar-refractivity contribution in [2.75, 3.05) is 33.0 Å². The van der Waals surface area contributed by atoms with Crippen LogP contribution in [0.3, 0.4) is 0 Å². The van der Waals surface area contributed by atoms with E-state index in [9.17, 15) is 23.9 Å². The number of rotatable bonds is 9. The summed E-state index contributed by atoms with van der Waals surface area (Å²) in [5, 5.41) is 21.7. The monoisotopic (exact) mass is 444 g/mol. The van der Waals surface area contributed by atoms with Gasteiger partial charge in [-0.25, -0.2) is 18.6 Å². The number of anilines is 1. The third kappa shape index (κ3) is 5.35. The highest BCUT2D eigenvalue weighted by molar-refractivity contribution is 6.32. The number of nitriles is 1. The molecule has 0 aliphatic carbocycles. The molecule has 32 heavy (non-hydrogen) atoms. The van der Waals surface area contributed by atoms with Crippen molar-refractivity contribution in [3.63, 3.8) is 0 Å². The number of aliphatic imine (C=N–C) groups is 1. The standard InChI is InChI=1S/C21H22F2N6O3/c1-27-10-15(25)19(16(8-24)28-2)11-5-17(20(26)29-9-11)32-18(7-22)14-6-12(23)3-4-13(14)21(30)31/h3-6,9,18,27H,7,10,25H2,1-2H3,(H2,26,29)(H,30,31). The Hall–Kier alpha value is -4.04. The van der Waals surface area contributed by atoms with Crippen LogP contribution in [0.5, 0.6) is 5.75 Å². The highest BCUT2D eigenvalue weighted by Crippen LogP contribution is 2.32. The zero-order chi connectivity index (χ0) is 23.8. The van der Waals surface area contributed by atoms with Gasteiger partial charge in [0.25, 0.3) is 0 Å². The maximum Gasteiger partial charge on any atom is 0.336 e. The number of carboxylic acid groups (broad SMARTS) is 1. The molecule has 0 aliphatic rings. The number of alkyl halides is 1. The number of benzene rings is 1. The Balaban J connectivity index is 2.58. The second-order valence-corrected chi connectivity index (χ2v) is 6.52. The van der Waals surface area contributed by atoms with Crippen LogP contribution in [-0.4, -0.2) is 49.1 Å². The first-order chi connectivity index (χ1) is 15.3. The van der Waals surface area contributed by atoms with Gasteiger partial charge in [-0.1, -0.05) is 0 Å². The largest absolute Gasteiger partial charge is 0.479 e. The molecule has 0 bridgehead atoms. The van der Waals surface area contributed by atoms with Gasteiger partial charge in [-0.15, -0.1) is 0 Å². The van der Waals surface area contributed by atoms with Gasteiger partial charge in [-0.2, -0.15) is 5.26 Å². The zero-order valence-electron chi connectivity index (χ0n) is 17.4. The van der Waals surface area contributed by atoms with E-state index in [0.29, 0.717) is 5.56 Å². The molecule has 1 heterocycles. The number of pyridine rings is 1. The molecule has 168 valence electrons. The van der Waals surface area contributed by atoms with E-state index in [1.54, 1.807) is 7.05 Å². The molecule has 0 spiro atoms. The topological polar surface area (TPSA) is 160 Å². The number of ether oxygens (including phenoxy) is 1. The molecule has 0 amide bonds. The van der Waals surface area contributed by atoms with E-state index in [-0.39, 0.29) is 46.2 Å². The van der Waals surface area contributed by atoms with Crippen molar-refractivity contribution in [1.29, 1.82) is 5.26 Å². The Labute approximate surface area is 183 Å². The molecule has 0 fully saturated rings. The fourth-order valence-electron chi connectivity index (χ4n) is 2.98. The number of nitrogens with zero attached hydrogens (tertiary/aromatic N) is 3. The van der Waals surface area contributed by atoms with Gasteiger partial charge in [0.2, 0.25) is 0 Å². The summed E-state index contributed by atoms with van der Waals surface area (Å²) in [6.07, 6.45) is -0.133. The third-order valence-electron chi connectivity index (χ3n) is 4.43. The minimum atomic E-state index is -1.48. The smallest absolute Gasteiger partial charge is 0.336 e. The molecule has 2 rings (SSSR count). The van der Waals surface area contributed by atoms with Gasteiger partial charge in [-0.3, -0.25) is 4.99 Å². The summed E-state index contributed by atoms with van der Waals surface area (Å²) in [7, 11) is 3.09. The molecule has 0 aliphatic heterocycles. The average Bonchev–Trinajstić information content (AvgIpc) is 2.76. The first-order valence-corrected chi connectivity index (χ1v) is 9.29. The minimum absolute atomic E-state index is 0.0237. The zero-order valence-corrected chi connectivity index (χ0v) is 17.4.